The van der Waals surface area contributed by atoms with Crippen molar-refractivity contribution in [3.05, 3.63) is 29.8 Å². The van der Waals surface area contributed by atoms with Crippen molar-refractivity contribution in [2.75, 3.05) is 6.61 Å². The van der Waals surface area contributed by atoms with Crippen LogP contribution in [0.4, 0.5) is 0 Å². The van der Waals surface area contributed by atoms with E-state index in [9.17, 15) is 9.90 Å². The molecule has 1 rings (SSSR count). The summed E-state index contributed by atoms with van der Waals surface area (Å²) in [7, 11) is 0. The quantitative estimate of drug-likeness (QED) is 0.653. The highest BCUT2D eigenvalue weighted by Gasteiger charge is 1.95. The second kappa shape index (κ2) is 3.76. The number of carboxylic acid groups (broad SMARTS) is 1. The molecule has 0 aliphatic carbocycles. The lowest BCUT2D eigenvalue weighted by molar-refractivity contribution is -0.255. The minimum atomic E-state index is -1.18. The van der Waals surface area contributed by atoms with E-state index in [2.05, 4.69) is 0 Å². The fourth-order valence-electron chi connectivity index (χ4n) is 0.880. The molecule has 0 aliphatic heterocycles. The van der Waals surface area contributed by atoms with Crippen LogP contribution in [0.15, 0.2) is 24.3 Å². The molecule has 0 unspecified atom stereocenters. The summed E-state index contributed by atoms with van der Waals surface area (Å²) in [5.74, 6) is -0.629. The molecule has 0 N–H and O–H groups in total. The highest BCUT2D eigenvalue weighted by Crippen LogP contribution is 2.12. The first-order chi connectivity index (χ1) is 5.74. The largest absolute Gasteiger partial charge is 0.545 e. The molecule has 0 amide bonds. The number of aromatic carboxylic acids is 1. The van der Waals surface area contributed by atoms with Crippen LogP contribution in [0.2, 0.25) is 0 Å². The van der Waals surface area contributed by atoms with E-state index in [-0.39, 0.29) is 5.56 Å². The number of carbonyl (C=O) groups excluding carboxylic acids is 1. The van der Waals surface area contributed by atoms with Gasteiger partial charge in [0.2, 0.25) is 0 Å². The molecule has 64 valence electrons. The van der Waals surface area contributed by atoms with E-state index in [1.54, 1.807) is 12.1 Å². The second-order valence-corrected chi connectivity index (χ2v) is 2.25. The molecule has 0 radical (unpaired) electrons. The van der Waals surface area contributed by atoms with Crippen molar-refractivity contribution >= 4 is 5.97 Å². The van der Waals surface area contributed by atoms with Crippen molar-refractivity contribution < 1.29 is 14.6 Å². The highest BCUT2D eigenvalue weighted by molar-refractivity contribution is 5.86. The maximum Gasteiger partial charge on any atom is 0.119 e. The van der Waals surface area contributed by atoms with Crippen LogP contribution >= 0.6 is 0 Å². The van der Waals surface area contributed by atoms with Crippen molar-refractivity contribution in [2.24, 2.45) is 0 Å². The molecular weight excluding hydrogens is 156 g/mol. The lowest BCUT2D eigenvalue weighted by Gasteiger charge is -2.05. The number of rotatable bonds is 3. The number of benzene rings is 1. The van der Waals surface area contributed by atoms with E-state index in [1.807, 2.05) is 6.92 Å². The Balaban J connectivity index is 2.88. The molecule has 12 heavy (non-hydrogen) atoms. The Hall–Kier alpha value is -1.51. The van der Waals surface area contributed by atoms with Gasteiger partial charge in [-0.05, 0) is 19.1 Å². The number of hydrogen-bond acceptors (Lipinski definition) is 3. The monoisotopic (exact) mass is 165 g/mol. The summed E-state index contributed by atoms with van der Waals surface area (Å²) in [5.41, 5.74) is 0.140. The Morgan fingerprint density at radius 3 is 2.92 bits per heavy atom. The standard InChI is InChI=1S/C9H10O3/c1-2-12-8-5-3-4-7(6-8)9(10)11/h3-6H,2H2,1H3,(H,10,11)/p-1. The average molecular weight is 165 g/mol. The molecule has 0 heterocycles. The zero-order chi connectivity index (χ0) is 8.97. The first-order valence-electron chi connectivity index (χ1n) is 3.68. The lowest BCUT2D eigenvalue weighted by atomic mass is 10.2. The average Bonchev–Trinajstić information content (AvgIpc) is 2.05. The zero-order valence-corrected chi connectivity index (χ0v) is 6.74. The van der Waals surface area contributed by atoms with Crippen LogP contribution in [0.3, 0.4) is 0 Å². The molecule has 0 aromatic heterocycles. The van der Waals surface area contributed by atoms with E-state index >= 15 is 0 Å². The van der Waals surface area contributed by atoms with Crippen LogP contribution < -0.4 is 9.84 Å². The summed E-state index contributed by atoms with van der Waals surface area (Å²) in [6.45, 7) is 2.36. The summed E-state index contributed by atoms with van der Waals surface area (Å²) < 4.78 is 5.11. The highest BCUT2D eigenvalue weighted by atomic mass is 16.5. The third-order valence-electron chi connectivity index (χ3n) is 1.38. The number of carboxylic acids is 1. The Kier molecular flexibility index (Phi) is 2.69. The predicted octanol–water partition coefficient (Wildman–Crippen LogP) is 0.449. The van der Waals surface area contributed by atoms with Gasteiger partial charge < -0.3 is 14.6 Å². The first-order valence-corrected chi connectivity index (χ1v) is 3.68. The summed E-state index contributed by atoms with van der Waals surface area (Å²) >= 11 is 0. The fourth-order valence-corrected chi connectivity index (χ4v) is 0.880. The van der Waals surface area contributed by atoms with Gasteiger partial charge in [0.15, 0.2) is 0 Å². The van der Waals surface area contributed by atoms with Crippen LogP contribution in [-0.4, -0.2) is 12.6 Å². The van der Waals surface area contributed by atoms with E-state index in [0.717, 1.165) is 0 Å². The molecule has 0 aliphatic rings. The predicted molar refractivity (Wildman–Crippen MR) is 41.9 cm³/mol. The molecule has 1 aromatic carbocycles. The third-order valence-corrected chi connectivity index (χ3v) is 1.38. The maximum atomic E-state index is 10.4. The fraction of sp³-hybridized carbons (Fsp3) is 0.222. The van der Waals surface area contributed by atoms with E-state index in [1.165, 1.54) is 12.1 Å². The Labute approximate surface area is 70.6 Å². The van der Waals surface area contributed by atoms with Gasteiger partial charge in [0.25, 0.3) is 0 Å². The van der Waals surface area contributed by atoms with Gasteiger partial charge >= 0.3 is 0 Å². The summed E-state index contributed by atoms with van der Waals surface area (Å²) in [6.07, 6.45) is 0. The van der Waals surface area contributed by atoms with Gasteiger partial charge in [-0.15, -0.1) is 0 Å². The van der Waals surface area contributed by atoms with Gasteiger partial charge in [0.1, 0.15) is 5.75 Å². The minimum absolute atomic E-state index is 0.140. The molecule has 0 spiro atoms. The molecule has 3 nitrogen and oxygen atoms in total. The molecule has 0 saturated carbocycles. The van der Waals surface area contributed by atoms with Crippen LogP contribution in [0.1, 0.15) is 17.3 Å². The smallest absolute Gasteiger partial charge is 0.119 e. The molecule has 3 heteroatoms. The number of ether oxygens (including phenoxy) is 1. The minimum Gasteiger partial charge on any atom is -0.545 e. The summed E-state index contributed by atoms with van der Waals surface area (Å²) in [5, 5.41) is 10.4. The molecule has 0 saturated heterocycles. The van der Waals surface area contributed by atoms with Gasteiger partial charge in [-0.3, -0.25) is 0 Å². The van der Waals surface area contributed by atoms with Crippen molar-refractivity contribution in [1.29, 1.82) is 0 Å². The van der Waals surface area contributed by atoms with Crippen molar-refractivity contribution in [2.45, 2.75) is 6.92 Å². The number of carbonyl (C=O) groups is 1. The van der Waals surface area contributed by atoms with Gasteiger partial charge in [0.05, 0.1) is 12.6 Å². The van der Waals surface area contributed by atoms with E-state index in [4.69, 9.17) is 4.74 Å². The van der Waals surface area contributed by atoms with Gasteiger partial charge in [0, 0.05) is 5.56 Å². The van der Waals surface area contributed by atoms with Crippen molar-refractivity contribution in [1.82, 2.24) is 0 Å². The molecule has 0 atom stereocenters. The van der Waals surface area contributed by atoms with Crippen LogP contribution in [0, 0.1) is 0 Å². The van der Waals surface area contributed by atoms with Gasteiger partial charge in [-0.2, -0.15) is 0 Å². The summed E-state index contributed by atoms with van der Waals surface area (Å²) in [6, 6.07) is 6.24. The molecule has 1 aromatic rings. The van der Waals surface area contributed by atoms with Gasteiger partial charge in [-0.25, -0.2) is 0 Å². The van der Waals surface area contributed by atoms with E-state index in [0.29, 0.717) is 12.4 Å². The third kappa shape index (κ3) is 1.99. The zero-order valence-electron chi connectivity index (χ0n) is 6.74. The Morgan fingerprint density at radius 2 is 2.33 bits per heavy atom. The topological polar surface area (TPSA) is 49.4 Å². The SMILES string of the molecule is CCOc1cccc(C(=O)[O-])c1. The number of hydrogen-bond donors (Lipinski definition) is 0. The van der Waals surface area contributed by atoms with Crippen LogP contribution in [0.25, 0.3) is 0 Å². The summed E-state index contributed by atoms with van der Waals surface area (Å²) in [4.78, 5) is 10.4. The first kappa shape index (κ1) is 8.59. The normalized spacial score (nSPS) is 9.42. The lowest BCUT2D eigenvalue weighted by Crippen LogP contribution is -2.22. The molecule has 0 fully saturated rings. The second-order valence-electron chi connectivity index (χ2n) is 2.25. The molecular formula is C9H9O3-. The Bertz CT molecular complexity index is 281. The maximum absolute atomic E-state index is 10.4. The van der Waals surface area contributed by atoms with Crippen molar-refractivity contribution in [3.8, 4) is 5.75 Å². The van der Waals surface area contributed by atoms with Crippen LogP contribution in [-0.2, 0) is 0 Å². The van der Waals surface area contributed by atoms with E-state index < -0.39 is 5.97 Å². The van der Waals surface area contributed by atoms with Crippen molar-refractivity contribution in [3.63, 3.8) is 0 Å². The van der Waals surface area contributed by atoms with Gasteiger partial charge in [-0.1, -0.05) is 12.1 Å². The molecule has 0 bridgehead atoms. The Morgan fingerprint density at radius 1 is 1.58 bits per heavy atom. The van der Waals surface area contributed by atoms with Crippen LogP contribution in [0.5, 0.6) is 5.75 Å².